The Morgan fingerprint density at radius 1 is 1.26 bits per heavy atom. The molecule has 7 heteroatoms. The zero-order chi connectivity index (χ0) is 13.2. The van der Waals surface area contributed by atoms with Crippen molar-refractivity contribution in [3.05, 3.63) is 41.4 Å². The van der Waals surface area contributed by atoms with E-state index in [1.165, 1.54) is 18.1 Å². The number of benzene rings is 1. The van der Waals surface area contributed by atoms with E-state index in [0.717, 1.165) is 15.4 Å². The fourth-order valence-corrected chi connectivity index (χ4v) is 2.76. The van der Waals surface area contributed by atoms with Crippen molar-refractivity contribution in [1.29, 1.82) is 5.26 Å². The molecule has 1 N–H and O–H groups in total. The average molecular weight is 288 g/mol. The molecule has 0 saturated carbocycles. The highest BCUT2D eigenvalue weighted by Crippen LogP contribution is 2.31. The van der Waals surface area contributed by atoms with E-state index in [9.17, 15) is 0 Å². The highest BCUT2D eigenvalue weighted by atomic mass is 35.5. The maximum atomic E-state index is 8.84. The Morgan fingerprint density at radius 2 is 2.16 bits per heavy atom. The Bertz CT molecular complexity index is 792. The normalized spacial score (nSPS) is 10.5. The van der Waals surface area contributed by atoms with Crippen LogP contribution >= 0.6 is 23.4 Å². The summed E-state index contributed by atoms with van der Waals surface area (Å²) in [5, 5.41) is 10.0. The summed E-state index contributed by atoms with van der Waals surface area (Å²) < 4.78 is 0. The first kappa shape index (κ1) is 12.0. The zero-order valence-corrected chi connectivity index (χ0v) is 11.0. The molecular formula is C12H6ClN5S. The number of aromatic nitrogens is 4. The van der Waals surface area contributed by atoms with Crippen LogP contribution in [0.3, 0.4) is 0 Å². The number of fused-ring (bicyclic) bond motifs is 1. The van der Waals surface area contributed by atoms with Crippen LogP contribution in [0.2, 0.25) is 5.02 Å². The predicted octanol–water partition coefficient (Wildman–Crippen LogP) is 3.03. The number of aromatic amines is 1. The molecule has 0 spiro atoms. The van der Waals surface area contributed by atoms with Crippen molar-refractivity contribution in [1.82, 2.24) is 19.9 Å². The van der Waals surface area contributed by atoms with Gasteiger partial charge in [-0.2, -0.15) is 5.26 Å². The minimum Gasteiger partial charge on any atom is -0.341 e. The van der Waals surface area contributed by atoms with Gasteiger partial charge in [-0.25, -0.2) is 15.0 Å². The Morgan fingerprint density at radius 3 is 2.95 bits per heavy atom. The van der Waals surface area contributed by atoms with Crippen LogP contribution in [0.25, 0.3) is 11.2 Å². The lowest BCUT2D eigenvalue weighted by Gasteiger charge is -2.02. The molecule has 5 nitrogen and oxygen atoms in total. The highest BCUT2D eigenvalue weighted by molar-refractivity contribution is 7.99. The van der Waals surface area contributed by atoms with Crippen molar-refractivity contribution < 1.29 is 0 Å². The molecule has 0 unspecified atom stereocenters. The van der Waals surface area contributed by atoms with Crippen LogP contribution in [0.1, 0.15) is 5.56 Å². The highest BCUT2D eigenvalue weighted by Gasteiger charge is 2.09. The Hall–Kier alpha value is -2.10. The monoisotopic (exact) mass is 287 g/mol. The van der Waals surface area contributed by atoms with E-state index in [0.29, 0.717) is 16.2 Å². The van der Waals surface area contributed by atoms with Gasteiger partial charge in [-0.15, -0.1) is 0 Å². The summed E-state index contributed by atoms with van der Waals surface area (Å²) >= 11 is 7.44. The molecule has 19 heavy (non-hydrogen) atoms. The number of nitrogens with zero attached hydrogens (tertiary/aromatic N) is 4. The minimum atomic E-state index is 0.433. The first-order valence-corrected chi connectivity index (χ1v) is 6.49. The lowest BCUT2D eigenvalue weighted by atomic mass is 10.2. The van der Waals surface area contributed by atoms with Gasteiger partial charge in [0.15, 0.2) is 5.65 Å². The van der Waals surface area contributed by atoms with Crippen molar-refractivity contribution in [2.45, 2.75) is 9.92 Å². The van der Waals surface area contributed by atoms with Crippen molar-refractivity contribution in [2.75, 3.05) is 0 Å². The summed E-state index contributed by atoms with van der Waals surface area (Å²) in [6.07, 6.45) is 3.05. The first-order valence-electron chi connectivity index (χ1n) is 5.29. The van der Waals surface area contributed by atoms with E-state index in [-0.39, 0.29) is 0 Å². The number of nitriles is 1. The quantitative estimate of drug-likeness (QED) is 0.733. The molecule has 0 saturated heterocycles. The fourth-order valence-electron chi connectivity index (χ4n) is 1.58. The van der Waals surface area contributed by atoms with Gasteiger partial charge in [0.1, 0.15) is 22.9 Å². The number of imidazole rings is 1. The largest absolute Gasteiger partial charge is 0.341 e. The predicted molar refractivity (Wildman–Crippen MR) is 72.0 cm³/mol. The van der Waals surface area contributed by atoms with Crippen molar-refractivity contribution in [3.63, 3.8) is 0 Å². The number of hydrogen-bond acceptors (Lipinski definition) is 5. The van der Waals surface area contributed by atoms with E-state index in [1.54, 1.807) is 18.5 Å². The Kier molecular flexibility index (Phi) is 3.07. The van der Waals surface area contributed by atoms with Gasteiger partial charge >= 0.3 is 0 Å². The number of H-pyrrole nitrogens is 1. The average Bonchev–Trinajstić information content (AvgIpc) is 2.88. The lowest BCUT2D eigenvalue weighted by molar-refractivity contribution is 1.08. The minimum absolute atomic E-state index is 0.433. The molecule has 0 atom stereocenters. The molecule has 2 heterocycles. The number of nitrogens with one attached hydrogen (secondary N) is 1. The molecule has 92 valence electrons. The SMILES string of the molecule is N#Cc1ccc(Sc2ncnc3nc[nH]c23)cc1Cl. The number of hydrogen-bond donors (Lipinski definition) is 1. The molecule has 0 aliphatic carbocycles. The summed E-state index contributed by atoms with van der Waals surface area (Å²) in [5.41, 5.74) is 1.87. The molecule has 0 fully saturated rings. The van der Waals surface area contributed by atoms with Crippen LogP contribution in [0, 0.1) is 11.3 Å². The van der Waals surface area contributed by atoms with Crippen LogP contribution in [0.5, 0.6) is 0 Å². The van der Waals surface area contributed by atoms with Gasteiger partial charge in [0.2, 0.25) is 0 Å². The van der Waals surface area contributed by atoms with Gasteiger partial charge in [0.25, 0.3) is 0 Å². The molecule has 0 amide bonds. The van der Waals surface area contributed by atoms with E-state index in [1.807, 2.05) is 12.1 Å². The van der Waals surface area contributed by atoms with Gasteiger partial charge < -0.3 is 4.98 Å². The Balaban J connectivity index is 1.99. The van der Waals surface area contributed by atoms with Gasteiger partial charge in [-0.3, -0.25) is 0 Å². The molecule has 0 radical (unpaired) electrons. The second kappa shape index (κ2) is 4.88. The maximum Gasteiger partial charge on any atom is 0.181 e. The third-order valence-electron chi connectivity index (χ3n) is 2.46. The van der Waals surface area contributed by atoms with Crippen molar-refractivity contribution in [2.24, 2.45) is 0 Å². The second-order valence-corrected chi connectivity index (χ2v) is 5.10. The van der Waals surface area contributed by atoms with Crippen molar-refractivity contribution in [3.8, 4) is 6.07 Å². The maximum absolute atomic E-state index is 8.84. The van der Waals surface area contributed by atoms with Gasteiger partial charge in [-0.1, -0.05) is 23.4 Å². The Labute approximate surface area is 117 Å². The molecule has 2 aromatic heterocycles. The van der Waals surface area contributed by atoms with Crippen LogP contribution in [-0.4, -0.2) is 19.9 Å². The third-order valence-corrected chi connectivity index (χ3v) is 3.77. The topological polar surface area (TPSA) is 78.2 Å². The molecule has 3 rings (SSSR count). The van der Waals surface area contributed by atoms with E-state index < -0.39 is 0 Å². The molecule has 3 aromatic rings. The van der Waals surface area contributed by atoms with E-state index >= 15 is 0 Å². The lowest BCUT2D eigenvalue weighted by Crippen LogP contribution is -1.86. The molecule has 1 aromatic carbocycles. The van der Waals surface area contributed by atoms with Gasteiger partial charge in [0.05, 0.1) is 16.9 Å². The van der Waals surface area contributed by atoms with Crippen molar-refractivity contribution >= 4 is 34.5 Å². The van der Waals surface area contributed by atoms with E-state index in [2.05, 4.69) is 19.9 Å². The number of halogens is 1. The molecule has 0 aliphatic rings. The van der Waals surface area contributed by atoms with Gasteiger partial charge in [-0.05, 0) is 18.2 Å². The van der Waals surface area contributed by atoms with Crippen LogP contribution in [0.4, 0.5) is 0 Å². The molecular weight excluding hydrogens is 282 g/mol. The zero-order valence-electron chi connectivity index (χ0n) is 9.46. The summed E-state index contributed by atoms with van der Waals surface area (Å²) in [4.78, 5) is 16.3. The second-order valence-electron chi connectivity index (χ2n) is 3.64. The molecule has 0 aliphatic heterocycles. The standard InChI is InChI=1S/C12H6ClN5S/c13-9-3-8(2-1-7(9)4-14)19-12-10-11(16-5-15-10)17-6-18-12/h1-3,5-6H,(H,15,16,17,18). The van der Waals surface area contributed by atoms with Crippen LogP contribution < -0.4 is 0 Å². The summed E-state index contributed by atoms with van der Waals surface area (Å²) in [6.45, 7) is 0. The molecule has 0 bridgehead atoms. The van der Waals surface area contributed by atoms with Crippen LogP contribution in [-0.2, 0) is 0 Å². The smallest absolute Gasteiger partial charge is 0.181 e. The van der Waals surface area contributed by atoms with Gasteiger partial charge in [0, 0.05) is 4.90 Å². The summed E-state index contributed by atoms with van der Waals surface area (Å²) in [7, 11) is 0. The fraction of sp³-hybridized carbons (Fsp3) is 0. The van der Waals surface area contributed by atoms with Crippen LogP contribution in [0.15, 0.2) is 40.8 Å². The third kappa shape index (κ3) is 2.26. The summed E-state index contributed by atoms with van der Waals surface area (Å²) in [6, 6.07) is 7.30. The summed E-state index contributed by atoms with van der Waals surface area (Å²) in [5.74, 6) is 0. The number of rotatable bonds is 2. The van der Waals surface area contributed by atoms with E-state index in [4.69, 9.17) is 16.9 Å². The first-order chi connectivity index (χ1) is 9.28.